The molecule has 3 aliphatic heterocycles. The van der Waals surface area contributed by atoms with E-state index in [-0.39, 0.29) is 36.0 Å². The van der Waals surface area contributed by atoms with Crippen LogP contribution in [-0.4, -0.2) is 65.2 Å². The van der Waals surface area contributed by atoms with Crippen molar-refractivity contribution in [3.05, 3.63) is 70.5 Å². The average Bonchev–Trinajstić information content (AvgIpc) is 3.53. The lowest BCUT2D eigenvalue weighted by Crippen LogP contribution is -2.35. The summed E-state index contributed by atoms with van der Waals surface area (Å²) in [6.45, 7) is 3.11. The molecular weight excluding hydrogens is 545 g/mol. The van der Waals surface area contributed by atoms with Crippen LogP contribution in [0.4, 0.5) is 30.7 Å². The Morgan fingerprint density at radius 1 is 1.00 bits per heavy atom. The van der Waals surface area contributed by atoms with Crippen molar-refractivity contribution in [1.82, 2.24) is 9.80 Å². The second kappa shape index (κ2) is 10.6. The summed E-state index contributed by atoms with van der Waals surface area (Å²) in [7, 11) is 0. The van der Waals surface area contributed by atoms with Crippen molar-refractivity contribution >= 4 is 5.91 Å². The van der Waals surface area contributed by atoms with Crippen LogP contribution in [-0.2, 0) is 21.9 Å². The summed E-state index contributed by atoms with van der Waals surface area (Å²) in [6.07, 6.45) is -11.2. The third-order valence-electron chi connectivity index (χ3n) is 8.19. The number of nitrogens with zero attached hydrogens (tertiary/aromatic N) is 2. The van der Waals surface area contributed by atoms with Gasteiger partial charge >= 0.3 is 12.4 Å². The van der Waals surface area contributed by atoms with Crippen LogP contribution >= 0.6 is 0 Å². The highest BCUT2D eigenvalue weighted by molar-refractivity contribution is 5.82. The molecule has 0 saturated carbocycles. The molecule has 0 radical (unpaired) electrons. The lowest BCUT2D eigenvalue weighted by atomic mass is 9.86. The van der Waals surface area contributed by atoms with Gasteiger partial charge in [0.05, 0.1) is 35.4 Å². The second-order valence-corrected chi connectivity index (χ2v) is 10.9. The molecule has 40 heavy (non-hydrogen) atoms. The predicted octanol–water partition coefficient (Wildman–Crippen LogP) is 5.39. The first-order chi connectivity index (χ1) is 18.7. The van der Waals surface area contributed by atoms with Gasteiger partial charge in [0.25, 0.3) is 0 Å². The van der Waals surface area contributed by atoms with Crippen molar-refractivity contribution < 1.29 is 45.4 Å². The number of halogens is 7. The Balaban J connectivity index is 1.41. The number of carbonyl (C=O) groups excluding carboxylic acids is 1. The number of amides is 1. The quantitative estimate of drug-likeness (QED) is 0.471. The van der Waals surface area contributed by atoms with Crippen LogP contribution in [0, 0.1) is 11.7 Å². The molecule has 3 aliphatic rings. The van der Waals surface area contributed by atoms with E-state index in [4.69, 9.17) is 4.74 Å². The molecule has 2 unspecified atom stereocenters. The van der Waals surface area contributed by atoms with Crippen molar-refractivity contribution in [2.24, 2.45) is 5.92 Å². The van der Waals surface area contributed by atoms with Crippen LogP contribution in [0.1, 0.15) is 54.0 Å². The van der Waals surface area contributed by atoms with Gasteiger partial charge in [0.1, 0.15) is 5.82 Å². The van der Waals surface area contributed by atoms with Gasteiger partial charge in [0.2, 0.25) is 5.91 Å². The number of aliphatic hydroxyl groups excluding tert-OH is 1. The summed E-state index contributed by atoms with van der Waals surface area (Å²) in [5.74, 6) is -1.37. The molecule has 3 saturated heterocycles. The van der Waals surface area contributed by atoms with E-state index in [0.29, 0.717) is 50.2 Å². The topological polar surface area (TPSA) is 53.0 Å². The van der Waals surface area contributed by atoms with E-state index in [0.717, 1.165) is 0 Å². The van der Waals surface area contributed by atoms with Gasteiger partial charge in [-0.05, 0) is 61.2 Å². The number of rotatable bonds is 6. The van der Waals surface area contributed by atoms with E-state index in [1.54, 1.807) is 17.0 Å². The van der Waals surface area contributed by atoms with Gasteiger partial charge in [0.15, 0.2) is 0 Å². The molecule has 5 nitrogen and oxygen atoms in total. The lowest BCUT2D eigenvalue weighted by molar-refractivity contribution is -0.143. The number of hydrogen-bond acceptors (Lipinski definition) is 4. The number of benzene rings is 2. The van der Waals surface area contributed by atoms with Crippen molar-refractivity contribution in [3.8, 4) is 0 Å². The Bertz CT molecular complexity index is 1200. The van der Waals surface area contributed by atoms with E-state index < -0.39 is 53.5 Å². The minimum absolute atomic E-state index is 0.0708. The smallest absolute Gasteiger partial charge is 0.392 e. The number of β-amino-alcohol motifs (C(OH)–C–C–N with tert-alkyl or cyclic N) is 1. The summed E-state index contributed by atoms with van der Waals surface area (Å²) in [5, 5.41) is 9.84. The second-order valence-electron chi connectivity index (χ2n) is 10.9. The molecule has 218 valence electrons. The number of ether oxygens (including phenoxy) is 1. The maximum Gasteiger partial charge on any atom is 0.416 e. The first-order valence-corrected chi connectivity index (χ1v) is 13.1. The van der Waals surface area contributed by atoms with Crippen LogP contribution in [0.2, 0.25) is 0 Å². The Labute approximate surface area is 226 Å². The van der Waals surface area contributed by atoms with Gasteiger partial charge in [-0.2, -0.15) is 26.3 Å². The zero-order valence-electron chi connectivity index (χ0n) is 21.6. The number of likely N-dealkylation sites (tertiary alicyclic amines) is 1. The number of aliphatic hydroxyl groups is 1. The van der Waals surface area contributed by atoms with E-state index in [1.165, 1.54) is 19.1 Å². The fraction of sp³-hybridized carbons (Fsp3) is 0.536. The number of alkyl halides is 6. The van der Waals surface area contributed by atoms with Crippen LogP contribution in [0.25, 0.3) is 0 Å². The molecule has 3 fully saturated rings. The van der Waals surface area contributed by atoms with Crippen molar-refractivity contribution in [3.63, 3.8) is 0 Å². The molecule has 6 atom stereocenters. The molecular formula is C28H29F7N2O3. The fourth-order valence-corrected chi connectivity index (χ4v) is 6.28. The minimum atomic E-state index is -4.99. The minimum Gasteiger partial charge on any atom is -0.392 e. The van der Waals surface area contributed by atoms with Crippen molar-refractivity contribution in [2.75, 3.05) is 26.2 Å². The standard InChI is InChI=1S/C28H29F7N2O3/c1-15(17-8-19(27(30,31)32)11-20(9-17)28(33,34)35)40-24-14-37-23(25(24)16-2-4-21(29)5-3-16)10-18(26(37)39)12-36-7-6-22(38)13-36/h2-5,8-9,11,15,18,22-25,38H,6-7,10,12-14H2,1H3/t15-,18?,22-,23?,24+,25+/m1/s1. The van der Waals surface area contributed by atoms with Crippen molar-refractivity contribution in [1.29, 1.82) is 0 Å². The molecule has 3 heterocycles. The van der Waals surface area contributed by atoms with E-state index >= 15 is 0 Å². The Kier molecular flexibility index (Phi) is 7.64. The van der Waals surface area contributed by atoms with Gasteiger partial charge < -0.3 is 14.7 Å². The normalized spacial score (nSPS) is 28.4. The maximum absolute atomic E-state index is 13.7. The molecule has 2 aromatic carbocycles. The summed E-state index contributed by atoms with van der Waals surface area (Å²) in [6, 6.07) is 6.68. The van der Waals surface area contributed by atoms with E-state index in [9.17, 15) is 40.6 Å². The number of carbonyl (C=O) groups is 1. The Hall–Kier alpha value is -2.70. The summed E-state index contributed by atoms with van der Waals surface area (Å²) in [4.78, 5) is 17.1. The predicted molar refractivity (Wildman–Crippen MR) is 130 cm³/mol. The molecule has 0 aromatic heterocycles. The molecule has 0 aliphatic carbocycles. The van der Waals surface area contributed by atoms with Crippen molar-refractivity contribution in [2.45, 2.75) is 62.4 Å². The van der Waals surface area contributed by atoms with E-state index in [1.807, 2.05) is 4.90 Å². The Morgan fingerprint density at radius 2 is 1.62 bits per heavy atom. The zero-order chi connectivity index (χ0) is 29.0. The molecule has 5 rings (SSSR count). The van der Waals surface area contributed by atoms with Gasteiger partial charge in [-0.25, -0.2) is 4.39 Å². The highest BCUT2D eigenvalue weighted by Crippen LogP contribution is 2.46. The van der Waals surface area contributed by atoms with Gasteiger partial charge in [0, 0.05) is 38.1 Å². The molecule has 0 spiro atoms. The number of fused-ring (bicyclic) bond motifs is 1. The van der Waals surface area contributed by atoms with Gasteiger partial charge in [-0.1, -0.05) is 12.1 Å². The Morgan fingerprint density at radius 3 is 2.17 bits per heavy atom. The highest BCUT2D eigenvalue weighted by atomic mass is 19.4. The molecule has 0 bridgehead atoms. The molecule has 12 heteroatoms. The molecule has 1 N–H and O–H groups in total. The van der Waals surface area contributed by atoms with Crippen LogP contribution in [0.15, 0.2) is 42.5 Å². The summed E-state index contributed by atoms with van der Waals surface area (Å²) < 4.78 is 100. The largest absolute Gasteiger partial charge is 0.416 e. The number of hydrogen-bond donors (Lipinski definition) is 1. The molecule has 2 aromatic rings. The monoisotopic (exact) mass is 574 g/mol. The SMILES string of the molecule is C[C@@H](O[C@H]1CN2C(=O)C(CN3CC[C@@H](O)C3)CC2[C@@H]1c1ccc(F)cc1)c1cc(C(F)(F)F)cc(C(F)(F)F)c1. The van der Waals surface area contributed by atoms with Crippen LogP contribution < -0.4 is 0 Å². The first-order valence-electron chi connectivity index (χ1n) is 13.1. The zero-order valence-corrected chi connectivity index (χ0v) is 21.6. The fourth-order valence-electron chi connectivity index (χ4n) is 6.28. The van der Waals surface area contributed by atoms with Crippen LogP contribution in [0.3, 0.4) is 0 Å². The lowest BCUT2D eigenvalue weighted by Gasteiger charge is -2.28. The third-order valence-corrected chi connectivity index (χ3v) is 8.19. The summed E-state index contributed by atoms with van der Waals surface area (Å²) >= 11 is 0. The highest BCUT2D eigenvalue weighted by Gasteiger charge is 2.53. The van der Waals surface area contributed by atoms with E-state index in [2.05, 4.69) is 0 Å². The van der Waals surface area contributed by atoms with Gasteiger partial charge in [-0.15, -0.1) is 0 Å². The average molecular weight is 575 g/mol. The maximum atomic E-state index is 13.7. The molecule has 1 amide bonds. The van der Waals surface area contributed by atoms with Gasteiger partial charge in [-0.3, -0.25) is 9.69 Å². The van der Waals surface area contributed by atoms with Crippen LogP contribution in [0.5, 0.6) is 0 Å². The third kappa shape index (κ3) is 5.84. The summed E-state index contributed by atoms with van der Waals surface area (Å²) in [5.41, 5.74) is -2.49. The first kappa shape index (κ1) is 28.8.